The van der Waals surface area contributed by atoms with Crippen molar-refractivity contribution in [2.75, 3.05) is 13.2 Å². The number of allylic oxidation sites excluding steroid dienone is 2. The van der Waals surface area contributed by atoms with E-state index in [1.807, 2.05) is 6.08 Å². The summed E-state index contributed by atoms with van der Waals surface area (Å²) in [4.78, 5) is 0. The number of halogens is 4. The molecule has 0 fully saturated rings. The van der Waals surface area contributed by atoms with E-state index in [4.69, 9.17) is 9.47 Å². The van der Waals surface area contributed by atoms with Crippen molar-refractivity contribution in [1.82, 2.24) is 0 Å². The molecular formula is C21H18F4O2. The molecule has 2 aromatic rings. The largest absolute Gasteiger partial charge is 0.498 e. The fourth-order valence-corrected chi connectivity index (χ4v) is 3.80. The number of rotatable bonds is 3. The number of alkyl halides is 2. The van der Waals surface area contributed by atoms with E-state index >= 15 is 13.2 Å². The minimum Gasteiger partial charge on any atom is -0.498 e. The van der Waals surface area contributed by atoms with Crippen LogP contribution in [0.2, 0.25) is 0 Å². The lowest BCUT2D eigenvalue weighted by molar-refractivity contribution is 0.0395. The third kappa shape index (κ3) is 2.61. The monoisotopic (exact) mass is 378 g/mol. The van der Waals surface area contributed by atoms with Crippen molar-refractivity contribution in [3.8, 4) is 16.9 Å². The maximum atomic E-state index is 15.2. The average Bonchev–Trinajstić information content (AvgIpc) is 2.87. The smallest absolute Gasteiger partial charge is 0.305 e. The molecule has 142 valence electrons. The Bertz CT molecular complexity index is 950. The molecule has 0 aromatic heterocycles. The minimum atomic E-state index is -3.77. The van der Waals surface area contributed by atoms with Crippen LogP contribution in [0.1, 0.15) is 42.9 Å². The maximum absolute atomic E-state index is 15.2. The number of hydrogen-bond acceptors (Lipinski definition) is 2. The van der Waals surface area contributed by atoms with Gasteiger partial charge in [0.15, 0.2) is 11.6 Å². The normalized spacial score (nSPS) is 19.8. The van der Waals surface area contributed by atoms with Crippen molar-refractivity contribution in [3.63, 3.8) is 0 Å². The van der Waals surface area contributed by atoms with Crippen molar-refractivity contribution in [2.24, 2.45) is 0 Å². The highest BCUT2D eigenvalue weighted by atomic mass is 19.3. The zero-order chi connectivity index (χ0) is 19.3. The van der Waals surface area contributed by atoms with Crippen LogP contribution in [0.25, 0.3) is 11.1 Å². The lowest BCUT2D eigenvalue weighted by Crippen LogP contribution is -2.19. The van der Waals surface area contributed by atoms with Crippen LogP contribution >= 0.6 is 0 Å². The van der Waals surface area contributed by atoms with Gasteiger partial charge < -0.3 is 9.47 Å². The first kappa shape index (κ1) is 17.9. The van der Waals surface area contributed by atoms with Crippen LogP contribution in [0, 0.1) is 11.6 Å². The summed E-state index contributed by atoms with van der Waals surface area (Å²) in [6.45, 7) is 3.79. The summed E-state index contributed by atoms with van der Waals surface area (Å²) in [5, 5.41) is 0. The fourth-order valence-electron chi connectivity index (χ4n) is 3.80. The van der Waals surface area contributed by atoms with Gasteiger partial charge in [-0.3, -0.25) is 0 Å². The molecule has 2 nitrogen and oxygen atoms in total. The predicted octanol–water partition coefficient (Wildman–Crippen LogP) is 5.89. The van der Waals surface area contributed by atoms with Gasteiger partial charge in [0.25, 0.3) is 0 Å². The minimum absolute atomic E-state index is 0.00274. The summed E-state index contributed by atoms with van der Waals surface area (Å²) < 4.78 is 70.6. The Balaban J connectivity index is 1.85. The van der Waals surface area contributed by atoms with Gasteiger partial charge in [-0.2, -0.15) is 8.78 Å². The van der Waals surface area contributed by atoms with Crippen LogP contribution in [0.15, 0.2) is 36.1 Å². The first-order valence-corrected chi connectivity index (χ1v) is 8.82. The quantitative estimate of drug-likeness (QED) is 0.620. The molecule has 1 heterocycles. The Hall–Kier alpha value is -2.50. The summed E-state index contributed by atoms with van der Waals surface area (Å²) in [6.07, 6.45) is 2.31. The molecule has 0 amide bonds. The Morgan fingerprint density at radius 2 is 1.74 bits per heavy atom. The van der Waals surface area contributed by atoms with Gasteiger partial charge >= 0.3 is 5.92 Å². The fraction of sp³-hybridized carbons (Fsp3) is 0.333. The van der Waals surface area contributed by atoms with Crippen molar-refractivity contribution < 1.29 is 27.0 Å². The maximum Gasteiger partial charge on any atom is 0.305 e. The summed E-state index contributed by atoms with van der Waals surface area (Å²) in [6, 6.07) is 5.60. The van der Waals surface area contributed by atoms with E-state index in [1.54, 1.807) is 13.8 Å². The van der Waals surface area contributed by atoms with Crippen molar-refractivity contribution in [1.29, 1.82) is 0 Å². The van der Waals surface area contributed by atoms with Crippen molar-refractivity contribution in [3.05, 3.63) is 64.4 Å². The van der Waals surface area contributed by atoms with Crippen LogP contribution in [-0.4, -0.2) is 13.2 Å². The van der Waals surface area contributed by atoms with Crippen LogP contribution in [-0.2, 0) is 10.7 Å². The molecule has 27 heavy (non-hydrogen) atoms. The zero-order valence-electron chi connectivity index (χ0n) is 14.9. The van der Waals surface area contributed by atoms with E-state index in [0.717, 1.165) is 5.76 Å². The summed E-state index contributed by atoms with van der Waals surface area (Å²) in [5.41, 5.74) is -1.42. The Morgan fingerprint density at radius 1 is 1.07 bits per heavy atom. The lowest BCUT2D eigenvalue weighted by Gasteiger charge is -2.24. The van der Waals surface area contributed by atoms with Crippen LogP contribution < -0.4 is 4.74 Å². The van der Waals surface area contributed by atoms with Gasteiger partial charge in [-0.25, -0.2) is 8.78 Å². The molecule has 0 saturated carbocycles. The third-order valence-electron chi connectivity index (χ3n) is 5.14. The molecule has 1 atom stereocenters. The highest BCUT2D eigenvalue weighted by Gasteiger charge is 2.50. The standard InChI is InChI=1S/C21H18F4O2/c1-3-26-16-9-8-15-14-7-6-13(12-5-4-11(2)27-10-12)19(22)17(14)21(24,25)18(15)20(16)23/h4,6-9,12H,3,5,10H2,1-2H3. The Morgan fingerprint density at radius 3 is 2.37 bits per heavy atom. The highest BCUT2D eigenvalue weighted by Crippen LogP contribution is 2.55. The molecule has 1 unspecified atom stereocenters. The van der Waals surface area contributed by atoms with E-state index in [2.05, 4.69) is 0 Å². The van der Waals surface area contributed by atoms with E-state index in [0.29, 0.717) is 6.42 Å². The molecule has 6 heteroatoms. The summed E-state index contributed by atoms with van der Waals surface area (Å²) in [5.74, 6) is -5.80. The number of ether oxygens (including phenoxy) is 2. The van der Waals surface area contributed by atoms with Crippen molar-refractivity contribution in [2.45, 2.75) is 32.1 Å². The topological polar surface area (TPSA) is 18.5 Å². The molecule has 4 rings (SSSR count). The second-order valence-corrected chi connectivity index (χ2v) is 6.76. The second-order valence-electron chi connectivity index (χ2n) is 6.76. The molecular weight excluding hydrogens is 360 g/mol. The van der Waals surface area contributed by atoms with Crippen LogP contribution in [0.3, 0.4) is 0 Å². The van der Waals surface area contributed by atoms with E-state index in [9.17, 15) is 4.39 Å². The molecule has 0 spiro atoms. The van der Waals surface area contributed by atoms with Gasteiger partial charge in [0.05, 0.1) is 30.1 Å². The summed E-state index contributed by atoms with van der Waals surface area (Å²) in [7, 11) is 0. The Labute approximate surface area is 154 Å². The Kier molecular flexibility index (Phi) is 4.17. The molecule has 0 bridgehead atoms. The highest BCUT2D eigenvalue weighted by molar-refractivity contribution is 5.81. The third-order valence-corrected chi connectivity index (χ3v) is 5.14. The van der Waals surface area contributed by atoms with Gasteiger partial charge in [0, 0.05) is 5.92 Å². The van der Waals surface area contributed by atoms with Gasteiger partial charge in [-0.05, 0) is 55.2 Å². The lowest BCUT2D eigenvalue weighted by atomic mass is 9.90. The number of fused-ring (bicyclic) bond motifs is 3. The SMILES string of the molecule is CCOc1ccc2c(c1F)C(F)(F)c1c-2ccc(C2CC=C(C)OC2)c1F. The van der Waals surface area contributed by atoms with Gasteiger partial charge in [-0.1, -0.05) is 12.1 Å². The first-order chi connectivity index (χ1) is 12.9. The second kappa shape index (κ2) is 6.29. The molecule has 0 radical (unpaired) electrons. The van der Waals surface area contributed by atoms with E-state index < -0.39 is 28.7 Å². The molecule has 2 aromatic carbocycles. The van der Waals surface area contributed by atoms with Crippen LogP contribution in [0.4, 0.5) is 17.6 Å². The number of hydrogen-bond donors (Lipinski definition) is 0. The summed E-state index contributed by atoms with van der Waals surface area (Å²) >= 11 is 0. The zero-order valence-corrected chi connectivity index (χ0v) is 14.9. The predicted molar refractivity (Wildman–Crippen MR) is 93.0 cm³/mol. The molecule has 1 aliphatic carbocycles. The molecule has 1 aliphatic heterocycles. The van der Waals surface area contributed by atoms with E-state index in [-0.39, 0.29) is 41.6 Å². The first-order valence-electron chi connectivity index (χ1n) is 8.82. The molecule has 0 saturated heterocycles. The van der Waals surface area contributed by atoms with Gasteiger partial charge in [0.1, 0.15) is 5.82 Å². The van der Waals surface area contributed by atoms with Gasteiger partial charge in [-0.15, -0.1) is 0 Å². The molecule has 0 N–H and O–H groups in total. The van der Waals surface area contributed by atoms with E-state index in [1.165, 1.54) is 24.3 Å². The van der Waals surface area contributed by atoms with Crippen LogP contribution in [0.5, 0.6) is 5.75 Å². The van der Waals surface area contributed by atoms with Crippen molar-refractivity contribution >= 4 is 0 Å². The van der Waals surface area contributed by atoms with Gasteiger partial charge in [0.2, 0.25) is 0 Å². The average molecular weight is 378 g/mol. The number of benzene rings is 2. The molecule has 2 aliphatic rings.